The molecule has 0 aliphatic rings. The normalized spacial score (nSPS) is 11.3. The third kappa shape index (κ3) is 4.72. The molecule has 0 saturated heterocycles. The molecule has 0 N–H and O–H groups in total. The summed E-state index contributed by atoms with van der Waals surface area (Å²) in [4.78, 5) is 14.7. The minimum atomic E-state index is -4.98. The number of aromatic nitrogens is 1. The number of nitrogens with zero attached hydrogens (tertiary/aromatic N) is 1. The highest BCUT2D eigenvalue weighted by Gasteiger charge is 2.32. The van der Waals surface area contributed by atoms with Crippen molar-refractivity contribution in [1.29, 1.82) is 0 Å². The van der Waals surface area contributed by atoms with Gasteiger partial charge in [-0.1, -0.05) is 0 Å². The van der Waals surface area contributed by atoms with Gasteiger partial charge >= 0.3 is 12.3 Å². The number of hydrogen-bond donors (Lipinski definition) is 0. The molecule has 0 spiro atoms. The monoisotopic (exact) mass is 281 g/mol. The van der Waals surface area contributed by atoms with E-state index in [1.807, 2.05) is 0 Å². The lowest BCUT2D eigenvalue weighted by molar-refractivity contribution is -0.276. The summed E-state index contributed by atoms with van der Waals surface area (Å²) < 4.78 is 57.6. The van der Waals surface area contributed by atoms with Gasteiger partial charge in [0.05, 0.1) is 18.7 Å². The van der Waals surface area contributed by atoms with E-state index in [0.717, 1.165) is 0 Å². The molecular weight excluding hydrogens is 270 g/mol. The molecule has 1 aromatic rings. The predicted octanol–water partition coefficient (Wildman–Crippen LogP) is 2.53. The molecule has 0 unspecified atom stereocenters. The summed E-state index contributed by atoms with van der Waals surface area (Å²) in [6, 6.07) is 0.511. The highest BCUT2D eigenvalue weighted by atomic mass is 19.4. The summed E-state index contributed by atoms with van der Waals surface area (Å²) in [5, 5.41) is 0. The number of halogens is 4. The average molecular weight is 281 g/mol. The van der Waals surface area contributed by atoms with E-state index in [9.17, 15) is 22.4 Å². The minimum absolute atomic E-state index is 0.0254. The zero-order valence-corrected chi connectivity index (χ0v) is 10.2. The fourth-order valence-electron chi connectivity index (χ4n) is 1.30. The van der Waals surface area contributed by atoms with Crippen molar-refractivity contribution in [2.45, 2.75) is 26.6 Å². The lowest BCUT2D eigenvalue weighted by Gasteiger charge is -2.11. The van der Waals surface area contributed by atoms with Crippen LogP contribution in [0.25, 0.3) is 0 Å². The van der Waals surface area contributed by atoms with Gasteiger partial charge in [0.1, 0.15) is 5.82 Å². The van der Waals surface area contributed by atoms with E-state index in [0.29, 0.717) is 6.07 Å². The van der Waals surface area contributed by atoms with Crippen molar-refractivity contribution < 1.29 is 31.8 Å². The van der Waals surface area contributed by atoms with Gasteiger partial charge in [-0.25, -0.2) is 9.37 Å². The smallest absolute Gasteiger partial charge is 0.466 e. The summed E-state index contributed by atoms with van der Waals surface area (Å²) in [6.07, 6.45) is -5.40. The molecule has 4 nitrogen and oxygen atoms in total. The molecule has 0 radical (unpaired) electrons. The van der Waals surface area contributed by atoms with Crippen LogP contribution < -0.4 is 4.74 Å². The van der Waals surface area contributed by atoms with Gasteiger partial charge in [-0.3, -0.25) is 4.79 Å². The van der Waals surface area contributed by atoms with E-state index in [1.165, 1.54) is 6.92 Å². The molecule has 0 atom stereocenters. The Morgan fingerprint density at radius 2 is 2.05 bits per heavy atom. The van der Waals surface area contributed by atoms with Crippen LogP contribution in [0.4, 0.5) is 17.6 Å². The maximum atomic E-state index is 13.4. The second-order valence-corrected chi connectivity index (χ2v) is 3.54. The highest BCUT2D eigenvalue weighted by molar-refractivity contribution is 5.72. The first-order chi connectivity index (χ1) is 8.73. The SMILES string of the molecule is CCOC(=O)Cc1nc(OC(F)(F)F)cc(F)c1C. The molecule has 0 aliphatic carbocycles. The van der Waals surface area contributed by atoms with Crippen molar-refractivity contribution in [1.82, 2.24) is 4.98 Å². The Bertz CT molecular complexity index is 474. The number of alkyl halides is 3. The second kappa shape index (κ2) is 5.85. The number of hydrogen-bond acceptors (Lipinski definition) is 4. The third-order valence-electron chi connectivity index (χ3n) is 2.12. The van der Waals surface area contributed by atoms with Crippen molar-refractivity contribution >= 4 is 5.97 Å². The minimum Gasteiger partial charge on any atom is -0.466 e. The number of esters is 1. The lowest BCUT2D eigenvalue weighted by atomic mass is 10.1. The van der Waals surface area contributed by atoms with Crippen molar-refractivity contribution in [3.05, 3.63) is 23.1 Å². The molecule has 0 aromatic carbocycles. The zero-order chi connectivity index (χ0) is 14.6. The molecule has 1 rings (SSSR count). The van der Waals surface area contributed by atoms with E-state index < -0.39 is 30.4 Å². The van der Waals surface area contributed by atoms with Crippen LogP contribution in [0.5, 0.6) is 5.88 Å². The Balaban J connectivity index is 3.00. The van der Waals surface area contributed by atoms with Gasteiger partial charge < -0.3 is 9.47 Å². The van der Waals surface area contributed by atoms with Crippen LogP contribution >= 0.6 is 0 Å². The van der Waals surface area contributed by atoms with E-state index in [2.05, 4.69) is 14.5 Å². The number of carbonyl (C=O) groups excluding carboxylic acids is 1. The molecule has 0 aliphatic heterocycles. The topological polar surface area (TPSA) is 48.4 Å². The molecule has 8 heteroatoms. The van der Waals surface area contributed by atoms with Gasteiger partial charge in [-0.2, -0.15) is 0 Å². The number of carbonyl (C=O) groups is 1. The summed E-state index contributed by atoms with van der Waals surface area (Å²) in [7, 11) is 0. The highest BCUT2D eigenvalue weighted by Crippen LogP contribution is 2.24. The molecule has 0 saturated carbocycles. The van der Waals surface area contributed by atoms with E-state index in [-0.39, 0.29) is 17.9 Å². The number of rotatable bonds is 4. The van der Waals surface area contributed by atoms with E-state index in [1.54, 1.807) is 6.92 Å². The molecular formula is C11H11F4NO3. The first-order valence-electron chi connectivity index (χ1n) is 5.30. The molecule has 1 heterocycles. The van der Waals surface area contributed by atoms with Crippen molar-refractivity contribution in [2.24, 2.45) is 0 Å². The maximum absolute atomic E-state index is 13.4. The maximum Gasteiger partial charge on any atom is 0.574 e. The Morgan fingerprint density at radius 1 is 1.42 bits per heavy atom. The fourth-order valence-corrected chi connectivity index (χ4v) is 1.30. The number of ether oxygens (including phenoxy) is 2. The molecule has 0 fully saturated rings. The van der Waals surface area contributed by atoms with Gasteiger partial charge in [-0.15, -0.1) is 13.2 Å². The zero-order valence-electron chi connectivity index (χ0n) is 10.2. The fraction of sp³-hybridized carbons (Fsp3) is 0.455. The summed E-state index contributed by atoms with van der Waals surface area (Å²) in [5.74, 6) is -2.59. The largest absolute Gasteiger partial charge is 0.574 e. The first kappa shape index (κ1) is 15.2. The summed E-state index contributed by atoms with van der Waals surface area (Å²) in [5.41, 5.74) is -0.180. The van der Waals surface area contributed by atoms with Crippen LogP contribution in [0.15, 0.2) is 6.07 Å². The average Bonchev–Trinajstić information content (AvgIpc) is 2.23. The van der Waals surface area contributed by atoms with Crippen molar-refractivity contribution in [2.75, 3.05) is 6.61 Å². The molecule has 106 valence electrons. The quantitative estimate of drug-likeness (QED) is 0.628. The number of pyridine rings is 1. The van der Waals surface area contributed by atoms with Crippen LogP contribution in [-0.4, -0.2) is 23.9 Å². The van der Waals surface area contributed by atoms with Crippen LogP contribution in [0.1, 0.15) is 18.2 Å². The lowest BCUT2D eigenvalue weighted by Crippen LogP contribution is -2.19. The Kier molecular flexibility index (Phi) is 4.68. The van der Waals surface area contributed by atoms with Gasteiger partial charge in [0.2, 0.25) is 5.88 Å². The Labute approximate surface area is 106 Å². The van der Waals surface area contributed by atoms with Gasteiger partial charge in [0, 0.05) is 11.6 Å². The molecule has 0 bridgehead atoms. The van der Waals surface area contributed by atoms with Gasteiger partial charge in [0.25, 0.3) is 0 Å². The molecule has 0 amide bonds. The first-order valence-corrected chi connectivity index (χ1v) is 5.30. The van der Waals surface area contributed by atoms with Crippen LogP contribution in [-0.2, 0) is 16.0 Å². The molecule has 1 aromatic heterocycles. The van der Waals surface area contributed by atoms with Crippen LogP contribution in [0.3, 0.4) is 0 Å². The summed E-state index contributed by atoms with van der Waals surface area (Å²) >= 11 is 0. The van der Waals surface area contributed by atoms with Crippen LogP contribution in [0.2, 0.25) is 0 Å². The predicted molar refractivity (Wildman–Crippen MR) is 56.0 cm³/mol. The Morgan fingerprint density at radius 3 is 2.58 bits per heavy atom. The van der Waals surface area contributed by atoms with E-state index >= 15 is 0 Å². The summed E-state index contributed by atoms with van der Waals surface area (Å²) in [6.45, 7) is 2.98. The second-order valence-electron chi connectivity index (χ2n) is 3.54. The van der Waals surface area contributed by atoms with Crippen molar-refractivity contribution in [3.63, 3.8) is 0 Å². The third-order valence-corrected chi connectivity index (χ3v) is 2.12. The molecule has 19 heavy (non-hydrogen) atoms. The Hall–Kier alpha value is -1.86. The van der Waals surface area contributed by atoms with E-state index in [4.69, 9.17) is 0 Å². The van der Waals surface area contributed by atoms with Gasteiger partial charge in [0.15, 0.2) is 0 Å². The standard InChI is InChI=1S/C11H11F4NO3/c1-3-18-10(17)5-8-6(2)7(12)4-9(16-8)19-11(13,14)15/h4H,3,5H2,1-2H3. The van der Waals surface area contributed by atoms with Crippen molar-refractivity contribution in [3.8, 4) is 5.88 Å². The van der Waals surface area contributed by atoms with Gasteiger partial charge in [-0.05, 0) is 13.8 Å². The van der Waals surface area contributed by atoms with Crippen LogP contribution in [0, 0.1) is 12.7 Å².